The Morgan fingerprint density at radius 1 is 1.00 bits per heavy atom. The van der Waals surface area contributed by atoms with Gasteiger partial charge in [-0.1, -0.05) is 45.1 Å². The van der Waals surface area contributed by atoms with E-state index in [0.29, 0.717) is 12.9 Å². The number of phenolic OH excluding ortho intramolecular Hbond substituents is 2. The zero-order valence-electron chi connectivity index (χ0n) is 20.4. The fourth-order valence-corrected chi connectivity index (χ4v) is 2.39. The van der Waals surface area contributed by atoms with Crippen molar-refractivity contribution in [2.24, 2.45) is 0 Å². The molecule has 33 heavy (non-hydrogen) atoms. The number of aliphatic hydroxyl groups excluding tert-OH is 2. The van der Waals surface area contributed by atoms with Crippen LogP contribution in [0.25, 0.3) is 0 Å². The number of carbonyl (C=O) groups excluding carboxylic acids is 2. The third kappa shape index (κ3) is 19.0. The highest BCUT2D eigenvalue weighted by Crippen LogP contribution is 2.26. The normalized spacial score (nSPS) is 11.0. The summed E-state index contributed by atoms with van der Waals surface area (Å²) >= 11 is 0. The number of carbonyl (C=O) groups is 2. The van der Waals surface area contributed by atoms with Gasteiger partial charge in [-0.25, -0.2) is 4.79 Å². The summed E-state index contributed by atoms with van der Waals surface area (Å²) in [6.45, 7) is 9.18. The van der Waals surface area contributed by atoms with Crippen molar-refractivity contribution in [2.75, 3.05) is 26.4 Å². The Bertz CT molecular complexity index is 602. The largest absolute Gasteiger partial charge is 0.504 e. The molecule has 0 saturated carbocycles. The lowest BCUT2D eigenvalue weighted by molar-refractivity contribution is -0.155. The summed E-state index contributed by atoms with van der Waals surface area (Å²) in [5.74, 6) is -1.37. The summed E-state index contributed by atoms with van der Waals surface area (Å²) in [7, 11) is 0. The van der Waals surface area contributed by atoms with Crippen LogP contribution < -0.4 is 0 Å². The van der Waals surface area contributed by atoms with Gasteiger partial charge in [-0.2, -0.15) is 0 Å². The van der Waals surface area contributed by atoms with Gasteiger partial charge in [0.1, 0.15) is 0 Å². The molecule has 0 heterocycles. The molecule has 1 aromatic rings. The molecule has 1 rings (SSSR count). The number of para-hydroxylation sites is 1. The molecule has 0 aromatic heterocycles. The Kier molecular flexibility index (Phi) is 23.0. The molecule has 0 amide bonds. The molecule has 0 aliphatic heterocycles. The first kappa shape index (κ1) is 33.0. The van der Waals surface area contributed by atoms with E-state index in [-0.39, 0.29) is 23.4 Å². The van der Waals surface area contributed by atoms with Crippen LogP contribution in [0.1, 0.15) is 76.6 Å². The number of phenols is 2. The van der Waals surface area contributed by atoms with E-state index < -0.39 is 18.7 Å². The number of hydrogen-bond acceptors (Lipinski definition) is 9. The Morgan fingerprint density at radius 2 is 1.58 bits per heavy atom. The summed E-state index contributed by atoms with van der Waals surface area (Å²) < 4.78 is 14.9. The van der Waals surface area contributed by atoms with Crippen LogP contribution in [0.3, 0.4) is 0 Å². The molecule has 0 bridgehead atoms. The maximum absolute atomic E-state index is 10.9. The molecule has 4 N–H and O–H groups in total. The minimum atomic E-state index is -1.38. The average molecular weight is 475 g/mol. The van der Waals surface area contributed by atoms with Crippen LogP contribution in [0.15, 0.2) is 18.2 Å². The maximum atomic E-state index is 10.9. The second-order valence-corrected chi connectivity index (χ2v) is 6.94. The van der Waals surface area contributed by atoms with E-state index in [2.05, 4.69) is 6.92 Å². The predicted octanol–water partition coefficient (Wildman–Crippen LogP) is 3.56. The minimum Gasteiger partial charge on any atom is -0.504 e. The molecule has 9 nitrogen and oxygen atoms in total. The molecular weight excluding hydrogens is 432 g/mol. The number of hydrogen-bond donors (Lipinski definition) is 4. The van der Waals surface area contributed by atoms with E-state index in [1.165, 1.54) is 37.5 Å². The van der Waals surface area contributed by atoms with Crippen molar-refractivity contribution >= 4 is 12.3 Å². The fourth-order valence-electron chi connectivity index (χ4n) is 2.39. The Balaban J connectivity index is 0. The van der Waals surface area contributed by atoms with Crippen molar-refractivity contribution in [1.29, 1.82) is 0 Å². The van der Waals surface area contributed by atoms with Crippen LogP contribution in [0, 0.1) is 0 Å². The van der Waals surface area contributed by atoms with Gasteiger partial charge < -0.3 is 34.6 Å². The van der Waals surface area contributed by atoms with Gasteiger partial charge in [0, 0.05) is 13.2 Å². The second kappa shape index (κ2) is 23.0. The molecule has 0 saturated heterocycles. The van der Waals surface area contributed by atoms with Gasteiger partial charge in [0.25, 0.3) is 0 Å². The zero-order valence-corrected chi connectivity index (χ0v) is 20.4. The first-order chi connectivity index (χ1) is 15.8. The van der Waals surface area contributed by atoms with Gasteiger partial charge in [0.2, 0.25) is 0 Å². The Labute approximate surface area is 197 Å². The SMILES string of the molecule is CCCCCCCCOC(=O)C(O)CO.CCOC(C)OCC.O=Cc1cccc(O)c1O. The molecule has 0 fully saturated rings. The van der Waals surface area contributed by atoms with E-state index in [1.807, 2.05) is 20.8 Å². The van der Waals surface area contributed by atoms with Crippen LogP contribution in [-0.2, 0) is 19.0 Å². The van der Waals surface area contributed by atoms with Crippen molar-refractivity contribution in [2.45, 2.75) is 78.6 Å². The molecule has 0 radical (unpaired) electrons. The lowest BCUT2D eigenvalue weighted by Gasteiger charge is -2.09. The maximum Gasteiger partial charge on any atom is 0.337 e. The summed E-state index contributed by atoms with van der Waals surface area (Å²) in [5, 5.41) is 35.1. The van der Waals surface area contributed by atoms with Crippen LogP contribution >= 0.6 is 0 Å². The molecule has 1 unspecified atom stereocenters. The van der Waals surface area contributed by atoms with E-state index in [9.17, 15) is 9.59 Å². The van der Waals surface area contributed by atoms with Crippen LogP contribution in [0.2, 0.25) is 0 Å². The van der Waals surface area contributed by atoms with E-state index in [0.717, 1.165) is 32.5 Å². The lowest BCUT2D eigenvalue weighted by Crippen LogP contribution is -2.26. The zero-order chi connectivity index (χ0) is 25.5. The van der Waals surface area contributed by atoms with Crippen LogP contribution in [-0.4, -0.2) is 71.5 Å². The van der Waals surface area contributed by atoms with Crippen LogP contribution in [0.4, 0.5) is 0 Å². The number of benzene rings is 1. The number of aromatic hydroxyl groups is 2. The predicted molar refractivity (Wildman–Crippen MR) is 125 cm³/mol. The summed E-state index contributed by atoms with van der Waals surface area (Å²) in [6.07, 6.45) is 5.79. The first-order valence-electron chi connectivity index (χ1n) is 11.4. The smallest absolute Gasteiger partial charge is 0.337 e. The summed E-state index contributed by atoms with van der Waals surface area (Å²) in [4.78, 5) is 21.0. The number of rotatable bonds is 14. The van der Waals surface area contributed by atoms with Gasteiger partial charge in [0.15, 0.2) is 30.2 Å². The molecule has 0 aliphatic rings. The quantitative estimate of drug-likeness (QED) is 0.105. The molecule has 9 heteroatoms. The molecule has 192 valence electrons. The van der Waals surface area contributed by atoms with Gasteiger partial charge in [-0.15, -0.1) is 0 Å². The third-order valence-corrected chi connectivity index (χ3v) is 4.16. The Hall–Kier alpha value is -2.20. The average Bonchev–Trinajstić information content (AvgIpc) is 2.80. The van der Waals surface area contributed by atoms with Crippen molar-refractivity contribution in [1.82, 2.24) is 0 Å². The number of aldehydes is 1. The van der Waals surface area contributed by atoms with Crippen molar-refractivity contribution in [3.05, 3.63) is 23.8 Å². The van der Waals surface area contributed by atoms with Gasteiger partial charge in [0.05, 0.1) is 18.8 Å². The fraction of sp³-hybridized carbons (Fsp3) is 0.667. The number of ether oxygens (including phenoxy) is 3. The van der Waals surface area contributed by atoms with Crippen molar-refractivity contribution in [3.8, 4) is 11.5 Å². The van der Waals surface area contributed by atoms with Gasteiger partial charge >= 0.3 is 5.97 Å². The molecule has 0 aliphatic carbocycles. The number of esters is 1. The molecule has 1 atom stereocenters. The summed E-state index contributed by atoms with van der Waals surface area (Å²) in [6, 6.07) is 4.21. The molecule has 1 aromatic carbocycles. The first-order valence-corrected chi connectivity index (χ1v) is 11.4. The topological polar surface area (TPSA) is 143 Å². The Morgan fingerprint density at radius 3 is 2.06 bits per heavy atom. The van der Waals surface area contributed by atoms with Gasteiger partial charge in [-0.3, -0.25) is 4.79 Å². The van der Waals surface area contributed by atoms with Crippen LogP contribution in [0.5, 0.6) is 11.5 Å². The number of aliphatic hydroxyl groups is 2. The monoisotopic (exact) mass is 474 g/mol. The minimum absolute atomic E-state index is 0.0370. The number of unbranched alkanes of at least 4 members (excludes halogenated alkanes) is 5. The van der Waals surface area contributed by atoms with Crippen molar-refractivity contribution < 1.29 is 44.2 Å². The highest BCUT2D eigenvalue weighted by molar-refractivity contribution is 5.80. The van der Waals surface area contributed by atoms with E-state index >= 15 is 0 Å². The second-order valence-electron chi connectivity index (χ2n) is 6.94. The van der Waals surface area contributed by atoms with Gasteiger partial charge in [-0.05, 0) is 39.3 Å². The lowest BCUT2D eigenvalue weighted by atomic mass is 10.1. The standard InChI is InChI=1S/C11H22O4.C7H6O3.C6H14O2/c1-2-3-4-5-6-7-8-15-11(14)10(13)9-12;8-4-5-2-1-3-6(9)7(5)10;1-4-7-6(3)8-5-2/h10,12-13H,2-9H2,1H3;1-4,9-10H;6H,4-5H2,1-3H3. The third-order valence-electron chi connectivity index (χ3n) is 4.16. The molecular formula is C24H42O9. The highest BCUT2D eigenvalue weighted by atomic mass is 16.7. The van der Waals surface area contributed by atoms with E-state index in [1.54, 1.807) is 0 Å². The molecule has 0 spiro atoms. The van der Waals surface area contributed by atoms with Crippen molar-refractivity contribution in [3.63, 3.8) is 0 Å². The highest BCUT2D eigenvalue weighted by Gasteiger charge is 2.14. The summed E-state index contributed by atoms with van der Waals surface area (Å²) in [5.41, 5.74) is 0.0972. The van der Waals surface area contributed by atoms with E-state index in [4.69, 9.17) is 34.6 Å².